The van der Waals surface area contributed by atoms with Gasteiger partial charge in [0.05, 0.1) is 29.3 Å². The topological polar surface area (TPSA) is 49.8 Å². The minimum atomic E-state index is -1.14. The summed E-state index contributed by atoms with van der Waals surface area (Å²) in [5.41, 5.74) is -0.124. The van der Waals surface area contributed by atoms with Crippen molar-refractivity contribution in [2.24, 2.45) is 0 Å². The van der Waals surface area contributed by atoms with Gasteiger partial charge in [0.15, 0.2) is 11.6 Å². The average Bonchev–Trinajstić information content (AvgIpc) is 2.85. The second-order valence-corrected chi connectivity index (χ2v) is 5.04. The molecule has 2 rings (SSSR count). The first-order valence-corrected chi connectivity index (χ1v) is 6.44. The van der Waals surface area contributed by atoms with E-state index in [2.05, 4.69) is 0 Å². The van der Waals surface area contributed by atoms with Crippen LogP contribution in [0.2, 0.25) is 5.02 Å². The maximum atomic E-state index is 13.2. The SMILES string of the molecule is CO[C@@H]1C[C@@H](CO)N(C(=O)c2cc(F)c(F)cc2Cl)C1. The molecule has 7 heteroatoms. The van der Waals surface area contributed by atoms with Crippen LogP contribution in [-0.2, 0) is 4.74 Å². The molecule has 0 saturated carbocycles. The zero-order chi connectivity index (χ0) is 14.9. The van der Waals surface area contributed by atoms with E-state index in [0.29, 0.717) is 6.42 Å². The lowest BCUT2D eigenvalue weighted by atomic mass is 10.1. The van der Waals surface area contributed by atoms with Crippen molar-refractivity contribution in [2.75, 3.05) is 20.3 Å². The zero-order valence-electron chi connectivity index (χ0n) is 10.8. The lowest BCUT2D eigenvalue weighted by Crippen LogP contribution is -2.38. The first-order chi connectivity index (χ1) is 9.47. The first kappa shape index (κ1) is 15.2. The number of carbonyl (C=O) groups is 1. The number of hydrogen-bond donors (Lipinski definition) is 1. The molecule has 0 unspecified atom stereocenters. The van der Waals surface area contributed by atoms with E-state index in [4.69, 9.17) is 16.3 Å². The number of aliphatic hydroxyl groups excluding tert-OH is 1. The molecule has 0 aliphatic carbocycles. The van der Waals surface area contributed by atoms with Crippen molar-refractivity contribution < 1.29 is 23.4 Å². The molecule has 1 aliphatic heterocycles. The van der Waals surface area contributed by atoms with Crippen molar-refractivity contribution in [3.05, 3.63) is 34.4 Å². The van der Waals surface area contributed by atoms with Gasteiger partial charge in [-0.2, -0.15) is 0 Å². The Hall–Kier alpha value is -1.24. The van der Waals surface area contributed by atoms with Crippen LogP contribution in [0.15, 0.2) is 12.1 Å². The summed E-state index contributed by atoms with van der Waals surface area (Å²) in [7, 11) is 1.51. The fourth-order valence-electron chi connectivity index (χ4n) is 2.31. The summed E-state index contributed by atoms with van der Waals surface area (Å²) in [5.74, 6) is -2.80. The largest absolute Gasteiger partial charge is 0.394 e. The highest BCUT2D eigenvalue weighted by Gasteiger charge is 2.36. The number of aliphatic hydroxyl groups is 1. The Morgan fingerprint density at radius 1 is 1.50 bits per heavy atom. The van der Waals surface area contributed by atoms with Crippen molar-refractivity contribution in [1.29, 1.82) is 0 Å². The number of carbonyl (C=O) groups excluding carboxylic acids is 1. The predicted octanol–water partition coefficient (Wildman–Crippen LogP) is 1.84. The monoisotopic (exact) mass is 305 g/mol. The summed E-state index contributed by atoms with van der Waals surface area (Å²) >= 11 is 5.79. The molecule has 1 aromatic carbocycles. The number of hydrogen-bond acceptors (Lipinski definition) is 3. The quantitative estimate of drug-likeness (QED) is 0.867. The Morgan fingerprint density at radius 2 is 2.15 bits per heavy atom. The lowest BCUT2D eigenvalue weighted by Gasteiger charge is -2.23. The Bertz CT molecular complexity index is 527. The third-order valence-corrected chi connectivity index (χ3v) is 3.73. The molecule has 1 amide bonds. The third-order valence-electron chi connectivity index (χ3n) is 3.42. The van der Waals surface area contributed by atoms with Gasteiger partial charge in [0.2, 0.25) is 0 Å². The van der Waals surface area contributed by atoms with Gasteiger partial charge < -0.3 is 14.7 Å². The second-order valence-electron chi connectivity index (χ2n) is 4.63. The van der Waals surface area contributed by atoms with E-state index in [0.717, 1.165) is 12.1 Å². The average molecular weight is 306 g/mol. The van der Waals surface area contributed by atoms with Crippen LogP contribution in [-0.4, -0.2) is 48.3 Å². The molecule has 20 heavy (non-hydrogen) atoms. The molecule has 1 N–H and O–H groups in total. The van der Waals surface area contributed by atoms with Crippen LogP contribution in [0.25, 0.3) is 0 Å². The molecule has 1 aromatic rings. The van der Waals surface area contributed by atoms with Crippen LogP contribution >= 0.6 is 11.6 Å². The Morgan fingerprint density at radius 3 is 2.75 bits per heavy atom. The van der Waals surface area contributed by atoms with Crippen LogP contribution in [0.4, 0.5) is 8.78 Å². The molecular formula is C13H14ClF2NO3. The Kier molecular flexibility index (Phi) is 4.57. The molecular weight excluding hydrogens is 292 g/mol. The molecule has 110 valence electrons. The minimum Gasteiger partial charge on any atom is -0.394 e. The molecule has 0 spiro atoms. The minimum absolute atomic E-state index is 0.124. The highest BCUT2D eigenvalue weighted by molar-refractivity contribution is 6.33. The molecule has 1 aliphatic rings. The number of ether oxygens (including phenoxy) is 1. The molecule has 1 fully saturated rings. The number of halogens is 3. The van der Waals surface area contributed by atoms with E-state index in [1.165, 1.54) is 12.0 Å². The highest BCUT2D eigenvalue weighted by atomic mass is 35.5. The fourth-order valence-corrected chi connectivity index (χ4v) is 2.54. The van der Waals surface area contributed by atoms with Gasteiger partial charge in [0.1, 0.15) is 0 Å². The van der Waals surface area contributed by atoms with E-state index >= 15 is 0 Å². The van der Waals surface area contributed by atoms with Crippen LogP contribution < -0.4 is 0 Å². The van der Waals surface area contributed by atoms with E-state index in [1.807, 2.05) is 0 Å². The van der Waals surface area contributed by atoms with Crippen molar-refractivity contribution in [2.45, 2.75) is 18.6 Å². The number of nitrogens with zero attached hydrogens (tertiary/aromatic N) is 1. The van der Waals surface area contributed by atoms with Crippen LogP contribution in [0.3, 0.4) is 0 Å². The highest BCUT2D eigenvalue weighted by Crippen LogP contribution is 2.26. The second kappa shape index (κ2) is 6.03. The van der Waals surface area contributed by atoms with Gasteiger partial charge in [-0.3, -0.25) is 4.79 Å². The van der Waals surface area contributed by atoms with Crippen molar-refractivity contribution in [3.63, 3.8) is 0 Å². The van der Waals surface area contributed by atoms with Crippen molar-refractivity contribution >= 4 is 17.5 Å². The summed E-state index contributed by atoms with van der Waals surface area (Å²) in [6.45, 7) is 0.0444. The smallest absolute Gasteiger partial charge is 0.255 e. The van der Waals surface area contributed by atoms with E-state index in [1.54, 1.807) is 0 Å². The fraction of sp³-hybridized carbons (Fsp3) is 0.462. The van der Waals surface area contributed by atoms with Gasteiger partial charge in [-0.15, -0.1) is 0 Å². The molecule has 2 atom stereocenters. The molecule has 0 bridgehead atoms. The summed E-state index contributed by atoms with van der Waals surface area (Å²) in [4.78, 5) is 13.7. The lowest BCUT2D eigenvalue weighted by molar-refractivity contribution is 0.0647. The van der Waals surface area contributed by atoms with Gasteiger partial charge in [-0.25, -0.2) is 8.78 Å². The molecule has 1 saturated heterocycles. The summed E-state index contributed by atoms with van der Waals surface area (Å²) in [6, 6.07) is 1.12. The van der Waals surface area contributed by atoms with Gasteiger partial charge in [-0.05, 0) is 18.6 Å². The molecule has 0 aromatic heterocycles. The van der Waals surface area contributed by atoms with Crippen molar-refractivity contribution in [1.82, 2.24) is 4.90 Å². The van der Waals surface area contributed by atoms with Gasteiger partial charge >= 0.3 is 0 Å². The normalized spacial score (nSPS) is 22.4. The van der Waals surface area contributed by atoms with Gasteiger partial charge in [0.25, 0.3) is 5.91 Å². The Balaban J connectivity index is 2.29. The number of likely N-dealkylation sites (tertiary alicyclic amines) is 1. The number of methoxy groups -OCH3 is 1. The predicted molar refractivity (Wildman–Crippen MR) is 68.7 cm³/mol. The summed E-state index contributed by atoms with van der Waals surface area (Å²) < 4.78 is 31.4. The number of benzene rings is 1. The number of amides is 1. The van der Waals surface area contributed by atoms with E-state index in [9.17, 15) is 18.7 Å². The van der Waals surface area contributed by atoms with E-state index in [-0.39, 0.29) is 29.8 Å². The Labute approximate surface area is 119 Å². The summed E-state index contributed by atoms with van der Waals surface area (Å²) in [6.07, 6.45) is 0.292. The summed E-state index contributed by atoms with van der Waals surface area (Å²) in [5, 5.41) is 9.14. The standard InChI is InChI=1S/C13H14ClF2NO3/c1-20-8-2-7(6-18)17(5-8)13(19)9-3-11(15)12(16)4-10(9)14/h3-4,7-8,18H,2,5-6H2,1H3/t7-,8+/m0/s1. The molecule has 1 heterocycles. The van der Waals surface area contributed by atoms with Crippen LogP contribution in [0, 0.1) is 11.6 Å². The maximum absolute atomic E-state index is 13.2. The number of rotatable bonds is 3. The molecule has 0 radical (unpaired) electrons. The van der Waals surface area contributed by atoms with Crippen LogP contribution in [0.1, 0.15) is 16.8 Å². The van der Waals surface area contributed by atoms with Crippen molar-refractivity contribution in [3.8, 4) is 0 Å². The third kappa shape index (κ3) is 2.77. The first-order valence-electron chi connectivity index (χ1n) is 6.07. The molecule has 4 nitrogen and oxygen atoms in total. The van der Waals surface area contributed by atoms with Gasteiger partial charge in [-0.1, -0.05) is 11.6 Å². The van der Waals surface area contributed by atoms with E-state index < -0.39 is 23.6 Å². The zero-order valence-corrected chi connectivity index (χ0v) is 11.5. The maximum Gasteiger partial charge on any atom is 0.255 e. The van der Waals surface area contributed by atoms with Gasteiger partial charge in [0, 0.05) is 13.7 Å². The van der Waals surface area contributed by atoms with Crippen LogP contribution in [0.5, 0.6) is 0 Å².